The van der Waals surface area contributed by atoms with E-state index in [1.165, 1.54) is 0 Å². The molecule has 5 nitrogen and oxygen atoms in total. The third-order valence-electron chi connectivity index (χ3n) is 2.60. The van der Waals surface area contributed by atoms with Crippen molar-refractivity contribution in [3.05, 3.63) is 22.7 Å². The van der Waals surface area contributed by atoms with Crippen molar-refractivity contribution in [1.82, 2.24) is 0 Å². The summed E-state index contributed by atoms with van der Waals surface area (Å²) in [7, 11) is -3.10. The number of hydrogen-bond acceptors (Lipinski definition) is 5. The number of aliphatic hydroxyl groups is 1. The maximum atomic E-state index is 11.0. The normalized spacial score (nSPS) is 15.7. The number of rotatable bonds is 4. The zero-order valence-electron chi connectivity index (χ0n) is 9.72. The second-order valence-corrected chi connectivity index (χ2v) is 6.84. The van der Waals surface area contributed by atoms with Crippen molar-refractivity contribution in [3.63, 3.8) is 0 Å². The molecular formula is C11H13ClO5S. The van der Waals surface area contributed by atoms with Crippen molar-refractivity contribution < 1.29 is 23.0 Å². The lowest BCUT2D eigenvalue weighted by Gasteiger charge is -2.11. The van der Waals surface area contributed by atoms with E-state index in [1.807, 2.05) is 0 Å². The first kappa shape index (κ1) is 13.5. The van der Waals surface area contributed by atoms with Gasteiger partial charge in [0.1, 0.15) is 9.84 Å². The van der Waals surface area contributed by atoms with Crippen LogP contribution in [0.25, 0.3) is 0 Å². The molecule has 0 amide bonds. The van der Waals surface area contributed by atoms with Crippen molar-refractivity contribution in [1.29, 1.82) is 0 Å². The molecule has 1 heterocycles. The summed E-state index contributed by atoms with van der Waals surface area (Å²) in [4.78, 5) is 0. The highest BCUT2D eigenvalue weighted by atomic mass is 35.5. The summed E-state index contributed by atoms with van der Waals surface area (Å²) in [6.45, 7) is 0.0952. The van der Waals surface area contributed by atoms with Crippen molar-refractivity contribution in [3.8, 4) is 11.5 Å². The van der Waals surface area contributed by atoms with Gasteiger partial charge in [-0.15, -0.1) is 0 Å². The van der Waals surface area contributed by atoms with Crippen LogP contribution < -0.4 is 9.47 Å². The molecule has 1 aromatic rings. The number of ether oxygens (including phenoxy) is 2. The first-order valence-electron chi connectivity index (χ1n) is 5.31. The van der Waals surface area contributed by atoms with Crippen LogP contribution >= 0.6 is 11.6 Å². The molecule has 100 valence electrons. The van der Waals surface area contributed by atoms with Gasteiger partial charge < -0.3 is 14.6 Å². The van der Waals surface area contributed by atoms with Gasteiger partial charge in [0, 0.05) is 6.26 Å². The second-order valence-electron chi connectivity index (χ2n) is 4.17. The van der Waals surface area contributed by atoms with Gasteiger partial charge in [0.2, 0.25) is 6.79 Å². The fourth-order valence-corrected chi connectivity index (χ4v) is 2.60. The van der Waals surface area contributed by atoms with Gasteiger partial charge in [-0.05, 0) is 24.1 Å². The van der Waals surface area contributed by atoms with Crippen LogP contribution in [-0.2, 0) is 9.84 Å². The Balaban J connectivity index is 2.16. The lowest BCUT2D eigenvalue weighted by molar-refractivity contribution is 0.170. The summed E-state index contributed by atoms with van der Waals surface area (Å²) < 4.78 is 32.4. The van der Waals surface area contributed by atoms with E-state index in [4.69, 9.17) is 21.1 Å². The quantitative estimate of drug-likeness (QED) is 0.911. The van der Waals surface area contributed by atoms with Gasteiger partial charge in [-0.2, -0.15) is 0 Å². The number of benzene rings is 1. The Kier molecular flexibility index (Phi) is 3.70. The number of hydrogen-bond donors (Lipinski definition) is 1. The summed E-state index contributed by atoms with van der Waals surface area (Å²) in [5.74, 6) is 0.840. The van der Waals surface area contributed by atoms with Crippen LogP contribution in [0.15, 0.2) is 12.1 Å². The van der Waals surface area contributed by atoms with E-state index >= 15 is 0 Å². The molecule has 1 aliphatic heterocycles. The molecule has 18 heavy (non-hydrogen) atoms. The largest absolute Gasteiger partial charge is 0.454 e. The average Bonchev–Trinajstić information content (AvgIpc) is 2.73. The van der Waals surface area contributed by atoms with E-state index in [2.05, 4.69) is 0 Å². The molecule has 0 aliphatic carbocycles. The van der Waals surface area contributed by atoms with Gasteiger partial charge in [0.25, 0.3) is 0 Å². The molecule has 2 rings (SSSR count). The minimum absolute atomic E-state index is 0.0831. The van der Waals surface area contributed by atoms with Gasteiger partial charge in [0.05, 0.1) is 16.9 Å². The zero-order valence-corrected chi connectivity index (χ0v) is 11.3. The van der Waals surface area contributed by atoms with Crippen LogP contribution in [0.3, 0.4) is 0 Å². The standard InChI is InChI=1S/C11H13ClO5S/c1-18(14,15)3-2-9(13)7-4-8(12)11-10(5-7)16-6-17-11/h4-5,9,13H,2-3,6H2,1H3. The van der Waals surface area contributed by atoms with Crippen LogP contribution in [0.2, 0.25) is 5.02 Å². The molecule has 0 fully saturated rings. The Morgan fingerprint density at radius 2 is 2.17 bits per heavy atom. The van der Waals surface area contributed by atoms with Gasteiger partial charge in [-0.1, -0.05) is 11.6 Å². The Labute approximate surface area is 110 Å². The van der Waals surface area contributed by atoms with Crippen molar-refractivity contribution in [2.45, 2.75) is 12.5 Å². The smallest absolute Gasteiger partial charge is 0.231 e. The highest BCUT2D eigenvalue weighted by molar-refractivity contribution is 7.90. The molecule has 1 unspecified atom stereocenters. The summed E-state index contributed by atoms with van der Waals surface area (Å²) >= 11 is 5.97. The highest BCUT2D eigenvalue weighted by Gasteiger charge is 2.21. The molecule has 0 aromatic heterocycles. The molecule has 0 spiro atoms. The number of sulfone groups is 1. The number of fused-ring (bicyclic) bond motifs is 1. The predicted octanol–water partition coefficient (Wildman–Crippen LogP) is 1.54. The van der Waals surface area contributed by atoms with E-state index in [-0.39, 0.29) is 19.0 Å². The topological polar surface area (TPSA) is 72.8 Å². The van der Waals surface area contributed by atoms with Crippen LogP contribution in [-0.4, -0.2) is 32.3 Å². The summed E-state index contributed by atoms with van der Waals surface area (Å²) in [5, 5.41) is 10.3. The molecular weight excluding hydrogens is 280 g/mol. The van der Waals surface area contributed by atoms with Gasteiger partial charge in [0.15, 0.2) is 11.5 Å². The van der Waals surface area contributed by atoms with Crippen LogP contribution in [0.4, 0.5) is 0 Å². The molecule has 0 saturated carbocycles. The Morgan fingerprint density at radius 1 is 1.44 bits per heavy atom. The highest BCUT2D eigenvalue weighted by Crippen LogP contribution is 2.41. The van der Waals surface area contributed by atoms with Gasteiger partial charge in [-0.3, -0.25) is 0 Å². The SMILES string of the molecule is CS(=O)(=O)CCC(O)c1cc(Cl)c2c(c1)OCO2. The van der Waals surface area contributed by atoms with Crippen molar-refractivity contribution in [2.24, 2.45) is 0 Å². The summed E-state index contributed by atoms with van der Waals surface area (Å²) in [5.41, 5.74) is 0.521. The molecule has 1 aliphatic rings. The van der Waals surface area contributed by atoms with Crippen LogP contribution in [0, 0.1) is 0 Å². The monoisotopic (exact) mass is 292 g/mol. The predicted molar refractivity (Wildman–Crippen MR) is 66.9 cm³/mol. The van der Waals surface area contributed by atoms with E-state index in [0.29, 0.717) is 22.1 Å². The average molecular weight is 293 g/mol. The van der Waals surface area contributed by atoms with Crippen molar-refractivity contribution >= 4 is 21.4 Å². The van der Waals surface area contributed by atoms with E-state index < -0.39 is 15.9 Å². The van der Waals surface area contributed by atoms with Crippen LogP contribution in [0.1, 0.15) is 18.1 Å². The molecule has 1 atom stereocenters. The molecule has 0 saturated heterocycles. The lowest BCUT2D eigenvalue weighted by Crippen LogP contribution is -2.08. The fourth-order valence-electron chi connectivity index (χ4n) is 1.67. The Bertz CT molecular complexity index is 555. The fraction of sp³-hybridized carbons (Fsp3) is 0.455. The lowest BCUT2D eigenvalue weighted by atomic mass is 10.1. The maximum absolute atomic E-state index is 11.0. The van der Waals surface area contributed by atoms with E-state index in [9.17, 15) is 13.5 Å². The minimum Gasteiger partial charge on any atom is -0.454 e. The third kappa shape index (κ3) is 3.07. The maximum Gasteiger partial charge on any atom is 0.231 e. The van der Waals surface area contributed by atoms with E-state index in [1.54, 1.807) is 12.1 Å². The van der Waals surface area contributed by atoms with Gasteiger partial charge >= 0.3 is 0 Å². The van der Waals surface area contributed by atoms with Crippen molar-refractivity contribution in [2.75, 3.05) is 18.8 Å². The molecule has 0 radical (unpaired) electrons. The second kappa shape index (κ2) is 4.95. The first-order chi connectivity index (χ1) is 8.37. The summed E-state index contributed by atoms with van der Waals surface area (Å²) in [6, 6.07) is 3.17. The van der Waals surface area contributed by atoms with Gasteiger partial charge in [-0.25, -0.2) is 8.42 Å². The molecule has 7 heteroatoms. The number of aliphatic hydroxyl groups excluding tert-OH is 1. The Hall–Kier alpha value is -0.980. The summed E-state index contributed by atoms with van der Waals surface area (Å²) in [6.07, 6.45) is 0.355. The Morgan fingerprint density at radius 3 is 2.83 bits per heavy atom. The zero-order chi connectivity index (χ0) is 13.3. The molecule has 1 N–H and O–H groups in total. The minimum atomic E-state index is -3.10. The first-order valence-corrected chi connectivity index (χ1v) is 7.75. The molecule has 0 bridgehead atoms. The van der Waals surface area contributed by atoms with E-state index in [0.717, 1.165) is 6.26 Å². The molecule has 1 aromatic carbocycles. The third-order valence-corrected chi connectivity index (χ3v) is 3.85. The number of halogens is 1. The van der Waals surface area contributed by atoms with Crippen LogP contribution in [0.5, 0.6) is 11.5 Å².